The average molecular weight is 1380 g/mol. The number of esters is 2. The third-order valence-electron chi connectivity index (χ3n) is 16.1. The number of nitrogen functional groups attached to an aromatic ring is 2. The number of nitriles is 1. The molecule has 12 atom stereocenters. The number of fused-ring (bicyclic) bond motifs is 3. The van der Waals surface area contributed by atoms with Gasteiger partial charge in [-0.25, -0.2) is 34.7 Å². The SMILES string of the molecule is CC1(C)O[C@H]2[C@H](c3ccc4c(N)ncnn34)O[C@](C#N)(CO)[C@H]2O1.CCC(C)(C)COC(=O)[C@H](C)NP(=O)(Oc1ccccc1)Oc1ccc([N+](=O)[O-])cc1.[C-]#[N+][C@]1(COP(=O)(N[C@@H](C)C(=O)OCC(C)(C)CC)Oc2ccccc2)O[C@@H](c2ccc3c(N)ncnn23)[C@H](O)[C@@H]1O. The quantitative estimate of drug-likeness (QED) is 0.00932. The molecule has 2 unspecified atom stereocenters. The van der Waals surface area contributed by atoms with E-state index in [1.807, 2.05) is 47.6 Å². The molecular formula is C63H79N13O19P2. The van der Waals surface area contributed by atoms with Crippen molar-refractivity contribution >= 4 is 55.8 Å². The number of nitrogens with one attached hydrogen (secondary N) is 2. The number of non-ortho nitro benzene ring substituents is 1. The third-order valence-corrected chi connectivity index (χ3v) is 19.3. The monoisotopic (exact) mass is 1380 g/mol. The number of carbonyl (C=O) groups is 2. The summed E-state index contributed by atoms with van der Waals surface area (Å²) in [6.45, 7) is 25.1. The summed E-state index contributed by atoms with van der Waals surface area (Å²) >= 11 is 0. The number of nitrogens with two attached hydrogens (primary N) is 2. The fourth-order valence-electron chi connectivity index (χ4n) is 9.77. The van der Waals surface area contributed by atoms with Crippen molar-refractivity contribution in [1.29, 1.82) is 5.26 Å². The van der Waals surface area contributed by atoms with Gasteiger partial charge < -0.3 is 64.0 Å². The maximum absolute atomic E-state index is 14.0. The molecule has 0 radical (unpaired) electrons. The first kappa shape index (κ1) is 74.1. The van der Waals surface area contributed by atoms with Crippen LogP contribution in [0.15, 0.2) is 122 Å². The second kappa shape index (κ2) is 30.4. The van der Waals surface area contributed by atoms with Gasteiger partial charge >= 0.3 is 33.2 Å². The van der Waals surface area contributed by atoms with Crippen molar-refractivity contribution in [1.82, 2.24) is 39.4 Å². The predicted octanol–water partition coefficient (Wildman–Crippen LogP) is 8.16. The molecule has 32 nitrogen and oxygen atoms in total. The summed E-state index contributed by atoms with van der Waals surface area (Å²) in [7, 11) is -8.52. The highest BCUT2D eigenvalue weighted by molar-refractivity contribution is 7.52. The number of ether oxygens (including phenoxy) is 6. The molecule has 34 heteroatoms. The van der Waals surface area contributed by atoms with Crippen molar-refractivity contribution in [2.45, 2.75) is 148 Å². The molecule has 0 saturated carbocycles. The number of aliphatic hydroxyl groups excluding tert-OH is 3. The lowest BCUT2D eigenvalue weighted by Gasteiger charge is -2.27. The number of anilines is 2. The Kier molecular flexibility index (Phi) is 23.2. The molecule has 7 heterocycles. The number of hydrogen-bond acceptors (Lipinski definition) is 26. The normalized spacial score (nSPS) is 23.7. The topological polar surface area (TPSA) is 429 Å². The lowest BCUT2D eigenvalue weighted by molar-refractivity contribution is -0.384. The van der Waals surface area contributed by atoms with E-state index < -0.39 is 111 Å². The summed E-state index contributed by atoms with van der Waals surface area (Å²) < 4.78 is 87.1. The van der Waals surface area contributed by atoms with Crippen LogP contribution in [-0.2, 0) is 51.7 Å². The van der Waals surface area contributed by atoms with Crippen molar-refractivity contribution in [2.24, 2.45) is 10.8 Å². The Hall–Kier alpha value is -8.72. The average Bonchev–Trinajstić information content (AvgIpc) is 1.58. The zero-order chi connectivity index (χ0) is 70.9. The minimum Gasteiger partial charge on any atom is -0.464 e. The number of rotatable bonds is 25. The molecular weight excluding hydrogens is 1300 g/mol. The minimum absolute atomic E-state index is 0.0741. The Morgan fingerprint density at radius 3 is 1.66 bits per heavy atom. The summed E-state index contributed by atoms with van der Waals surface area (Å²) in [6, 6.07) is 28.1. The van der Waals surface area contributed by atoms with E-state index in [0.29, 0.717) is 28.2 Å². The molecule has 10 rings (SSSR count). The van der Waals surface area contributed by atoms with Gasteiger partial charge in [-0.05, 0) is 112 Å². The Morgan fingerprint density at radius 1 is 0.742 bits per heavy atom. The van der Waals surface area contributed by atoms with Gasteiger partial charge in [0.25, 0.3) is 5.69 Å². The molecule has 0 amide bonds. The van der Waals surface area contributed by atoms with Crippen molar-refractivity contribution in [2.75, 3.05) is 37.9 Å². The maximum Gasteiger partial charge on any atom is 0.513 e. The van der Waals surface area contributed by atoms with Crippen LogP contribution in [0.2, 0.25) is 0 Å². The van der Waals surface area contributed by atoms with Crippen molar-refractivity contribution in [3.05, 3.63) is 155 Å². The summed E-state index contributed by atoms with van der Waals surface area (Å²) in [5, 5.41) is 65.5. The molecule has 3 aliphatic rings. The van der Waals surface area contributed by atoms with Gasteiger partial charge in [-0.3, -0.25) is 33.8 Å². The standard InChI is InChI=1S/C27H35N6O8P.C21H27N2O7P.C15H17N5O4/c1-6-26(3,4)14-38-25(36)17(2)32-42(37,41-18-10-8-7-9-11-18)39-15-27(29-5)23(35)21(34)22(40-27)19-12-13-20-24(28)30-16-31-33(19)20;1-5-21(3,4)15-28-20(24)16(2)22-31(27,29-18-9-7-6-8-10-18)30-19-13-11-17(12-14-19)23(25)26;1-14(2)22-11-10(23-15(5-16,6-21)12(11)24-14)8-3-4-9-13(17)18-7-19-20(8)9/h7-13,16-17,21-23,34-35H,6,14-15H2,1-4H3,(H,32,37)(H2,28,30,31);6-14,16H,5,15H2,1-4H3,(H,22,27);3-4,7,10-12,21H,6H2,1-2H3,(H2,17,18,19)/t17-,21-,22-,23-,27+,42?;16-,31?;10-,11-,12-,15+/m000/s1. The largest absolute Gasteiger partial charge is 0.513 e. The zero-order valence-electron chi connectivity index (χ0n) is 54.9. The predicted molar refractivity (Wildman–Crippen MR) is 347 cm³/mol. The first-order chi connectivity index (χ1) is 45.8. The Labute approximate surface area is 558 Å². The molecule has 0 aliphatic carbocycles. The van der Waals surface area contributed by atoms with Gasteiger partial charge in [-0.1, -0.05) is 77.9 Å². The summed E-state index contributed by atoms with van der Waals surface area (Å²) in [6.07, 6.45) is -2.35. The van der Waals surface area contributed by atoms with Crippen LogP contribution in [0.25, 0.3) is 15.9 Å². The van der Waals surface area contributed by atoms with Crippen LogP contribution in [0, 0.1) is 38.8 Å². The van der Waals surface area contributed by atoms with E-state index >= 15 is 0 Å². The van der Waals surface area contributed by atoms with Gasteiger partial charge in [0.1, 0.15) is 89.6 Å². The highest BCUT2D eigenvalue weighted by Crippen LogP contribution is 2.52. The number of aromatic nitrogens is 6. The van der Waals surface area contributed by atoms with E-state index in [9.17, 15) is 49.4 Å². The number of nitro benzene ring substituents is 1. The number of aliphatic hydroxyl groups is 3. The number of para-hydroxylation sites is 2. The molecule has 4 aromatic heterocycles. The van der Waals surface area contributed by atoms with Crippen LogP contribution in [0.5, 0.6) is 17.2 Å². The lowest BCUT2D eigenvalue weighted by Crippen LogP contribution is -2.45. The Bertz CT molecular complexity index is 4080. The molecule has 3 aromatic carbocycles. The van der Waals surface area contributed by atoms with Gasteiger partial charge in [0.2, 0.25) is 5.60 Å². The molecule has 0 spiro atoms. The molecule has 3 fully saturated rings. The Balaban J connectivity index is 0.000000193. The number of nitro groups is 1. The van der Waals surface area contributed by atoms with Gasteiger partial charge in [0.05, 0.1) is 36.1 Å². The number of carbonyl (C=O) groups excluding carboxylic acids is 2. The van der Waals surface area contributed by atoms with Crippen LogP contribution >= 0.6 is 15.5 Å². The van der Waals surface area contributed by atoms with E-state index in [0.717, 1.165) is 12.8 Å². The molecule has 7 aromatic rings. The molecule has 520 valence electrons. The second-order valence-electron chi connectivity index (χ2n) is 24.9. The third kappa shape index (κ3) is 17.5. The van der Waals surface area contributed by atoms with Crippen LogP contribution in [-0.4, -0.2) is 141 Å². The van der Waals surface area contributed by atoms with Crippen LogP contribution in [0.4, 0.5) is 17.3 Å². The highest BCUT2D eigenvalue weighted by Gasteiger charge is 2.65. The van der Waals surface area contributed by atoms with Crippen molar-refractivity contribution in [3.63, 3.8) is 0 Å². The summed E-state index contributed by atoms with van der Waals surface area (Å²) in [4.78, 5) is 46.7. The summed E-state index contributed by atoms with van der Waals surface area (Å²) in [5.41, 5.74) is 9.50. The minimum atomic E-state index is -4.41. The van der Waals surface area contributed by atoms with E-state index in [4.69, 9.17) is 64.6 Å². The van der Waals surface area contributed by atoms with Gasteiger partial charge in [0.15, 0.2) is 30.1 Å². The lowest BCUT2D eigenvalue weighted by atomic mass is 9.92. The Morgan fingerprint density at radius 2 is 1.21 bits per heavy atom. The highest BCUT2D eigenvalue weighted by atomic mass is 31.2. The molecule has 3 aliphatic heterocycles. The second-order valence-corrected chi connectivity index (χ2v) is 28.2. The van der Waals surface area contributed by atoms with E-state index in [-0.39, 0.29) is 52.8 Å². The smallest absolute Gasteiger partial charge is 0.464 e. The van der Waals surface area contributed by atoms with Crippen LogP contribution in [0.1, 0.15) is 106 Å². The van der Waals surface area contributed by atoms with Crippen molar-refractivity contribution in [3.8, 4) is 23.3 Å². The molecule has 97 heavy (non-hydrogen) atoms. The van der Waals surface area contributed by atoms with Crippen LogP contribution < -0.4 is 35.2 Å². The number of nitrogens with zero attached hydrogens (tertiary/aromatic N) is 9. The number of benzene rings is 3. The fraction of sp³-hybridized carbons (Fsp3) is 0.460. The van der Waals surface area contributed by atoms with E-state index in [1.54, 1.807) is 91.2 Å². The van der Waals surface area contributed by atoms with Crippen molar-refractivity contribution < 1.29 is 85.5 Å². The fourth-order valence-corrected chi connectivity index (χ4v) is 12.8. The molecule has 9 N–H and O–H groups in total. The van der Waals surface area contributed by atoms with E-state index in [1.165, 1.54) is 67.4 Å². The van der Waals surface area contributed by atoms with E-state index in [2.05, 4.69) is 35.2 Å². The zero-order valence-corrected chi connectivity index (χ0v) is 56.6. The van der Waals surface area contributed by atoms with Crippen LogP contribution in [0.3, 0.4) is 0 Å². The number of hydrogen-bond donors (Lipinski definition) is 7. The van der Waals surface area contributed by atoms with Gasteiger partial charge in [-0.2, -0.15) is 25.6 Å². The first-order valence-electron chi connectivity index (χ1n) is 30.6. The summed E-state index contributed by atoms with van der Waals surface area (Å²) in [5.74, 6) is -1.17. The van der Waals surface area contributed by atoms with Gasteiger partial charge in [0, 0.05) is 12.1 Å². The first-order valence-corrected chi connectivity index (χ1v) is 33.7. The molecule has 0 bridgehead atoms. The maximum atomic E-state index is 14.0. The molecule has 3 saturated heterocycles. The van der Waals surface area contributed by atoms with Gasteiger partial charge in [-0.15, -0.1) is 0 Å².